The molecule has 0 fully saturated rings. The van der Waals surface area contributed by atoms with E-state index in [4.69, 9.17) is 5.11 Å². The average Bonchev–Trinajstić information content (AvgIpc) is 2.38. The Kier molecular flexibility index (Phi) is 4.39. The van der Waals surface area contributed by atoms with Crippen LogP contribution in [0.4, 0.5) is 0 Å². The highest BCUT2D eigenvalue weighted by Crippen LogP contribution is 2.34. The van der Waals surface area contributed by atoms with E-state index in [-0.39, 0.29) is 10.5 Å². The van der Waals surface area contributed by atoms with Crippen LogP contribution in [0.15, 0.2) is 57.2 Å². The molecule has 0 aromatic heterocycles. The lowest BCUT2D eigenvalue weighted by atomic mass is 10.1. The molecule has 0 unspecified atom stereocenters. The molecule has 4 nitrogen and oxygen atoms in total. The number of carboxylic acid groups (broad SMARTS) is 1. The van der Waals surface area contributed by atoms with Crippen molar-refractivity contribution in [3.05, 3.63) is 53.6 Å². The normalized spacial score (nSPS) is 11.3. The third-order valence-corrected chi connectivity index (χ3v) is 5.22. The standard InChI is InChI=1S/C15H14O4S2/c1-10-8-13(20-11-6-4-3-5-7-11)14(21(2,18)19)9-12(10)15(16)17/h3-9H,1-2H3,(H,16,17). The molecule has 2 rings (SSSR count). The van der Waals surface area contributed by atoms with Gasteiger partial charge < -0.3 is 5.11 Å². The molecule has 0 saturated carbocycles. The van der Waals surface area contributed by atoms with Crippen LogP contribution >= 0.6 is 11.8 Å². The SMILES string of the molecule is Cc1cc(Sc2ccccc2)c(S(C)(=O)=O)cc1C(=O)O. The Morgan fingerprint density at radius 2 is 1.76 bits per heavy atom. The van der Waals surface area contributed by atoms with Crippen molar-refractivity contribution < 1.29 is 18.3 Å². The number of aromatic carboxylic acids is 1. The van der Waals surface area contributed by atoms with E-state index in [0.717, 1.165) is 11.2 Å². The molecule has 0 aliphatic carbocycles. The zero-order chi connectivity index (χ0) is 15.6. The number of hydrogen-bond donors (Lipinski definition) is 1. The molecule has 21 heavy (non-hydrogen) atoms. The quantitative estimate of drug-likeness (QED) is 0.935. The Morgan fingerprint density at radius 3 is 2.29 bits per heavy atom. The largest absolute Gasteiger partial charge is 0.478 e. The first kappa shape index (κ1) is 15.6. The highest BCUT2D eigenvalue weighted by Gasteiger charge is 2.19. The first-order chi connectivity index (χ1) is 9.79. The summed E-state index contributed by atoms with van der Waals surface area (Å²) in [5, 5.41) is 9.13. The molecule has 0 atom stereocenters. The van der Waals surface area contributed by atoms with E-state index in [1.54, 1.807) is 13.0 Å². The Morgan fingerprint density at radius 1 is 1.14 bits per heavy atom. The van der Waals surface area contributed by atoms with Crippen LogP contribution in [-0.2, 0) is 9.84 Å². The number of aryl methyl sites for hydroxylation is 1. The smallest absolute Gasteiger partial charge is 0.335 e. The summed E-state index contributed by atoms with van der Waals surface area (Å²) in [7, 11) is -3.51. The third-order valence-electron chi connectivity index (χ3n) is 2.89. The topological polar surface area (TPSA) is 71.4 Å². The monoisotopic (exact) mass is 322 g/mol. The van der Waals surface area contributed by atoms with Crippen LogP contribution in [-0.4, -0.2) is 25.7 Å². The Hall–Kier alpha value is -1.79. The lowest BCUT2D eigenvalue weighted by Gasteiger charge is -2.11. The van der Waals surface area contributed by atoms with Gasteiger partial charge in [-0.25, -0.2) is 13.2 Å². The summed E-state index contributed by atoms with van der Waals surface area (Å²) in [5.41, 5.74) is 0.543. The molecule has 2 aromatic rings. The minimum absolute atomic E-state index is 0.00726. The summed E-state index contributed by atoms with van der Waals surface area (Å²) in [6.07, 6.45) is 1.08. The molecule has 0 bridgehead atoms. The maximum absolute atomic E-state index is 11.9. The van der Waals surface area contributed by atoms with E-state index in [1.165, 1.54) is 17.8 Å². The van der Waals surface area contributed by atoms with Crippen LogP contribution in [0, 0.1) is 6.92 Å². The molecule has 0 radical (unpaired) electrons. The Bertz CT molecular complexity index is 781. The summed E-state index contributed by atoms with van der Waals surface area (Å²) < 4.78 is 23.8. The number of rotatable bonds is 4. The van der Waals surface area contributed by atoms with E-state index in [1.807, 2.05) is 30.3 Å². The van der Waals surface area contributed by atoms with E-state index >= 15 is 0 Å². The number of hydrogen-bond acceptors (Lipinski definition) is 4. The van der Waals surface area contributed by atoms with Crippen molar-refractivity contribution in [1.82, 2.24) is 0 Å². The maximum Gasteiger partial charge on any atom is 0.335 e. The van der Waals surface area contributed by atoms with Gasteiger partial charge in [-0.2, -0.15) is 0 Å². The van der Waals surface area contributed by atoms with Gasteiger partial charge in [0.15, 0.2) is 9.84 Å². The van der Waals surface area contributed by atoms with Crippen molar-refractivity contribution in [2.75, 3.05) is 6.26 Å². The molecule has 1 N–H and O–H groups in total. The van der Waals surface area contributed by atoms with E-state index < -0.39 is 15.8 Å². The average molecular weight is 322 g/mol. The molecular weight excluding hydrogens is 308 g/mol. The van der Waals surface area contributed by atoms with Crippen molar-refractivity contribution in [2.45, 2.75) is 21.6 Å². The van der Waals surface area contributed by atoms with Crippen LogP contribution in [0.1, 0.15) is 15.9 Å². The van der Waals surface area contributed by atoms with Gasteiger partial charge >= 0.3 is 5.97 Å². The van der Waals surface area contributed by atoms with Crippen molar-refractivity contribution in [3.63, 3.8) is 0 Å². The lowest BCUT2D eigenvalue weighted by Crippen LogP contribution is -2.06. The fraction of sp³-hybridized carbons (Fsp3) is 0.133. The molecule has 0 aliphatic heterocycles. The predicted octanol–water partition coefficient (Wildman–Crippen LogP) is 3.25. The van der Waals surface area contributed by atoms with E-state index in [9.17, 15) is 13.2 Å². The lowest BCUT2D eigenvalue weighted by molar-refractivity contribution is 0.0695. The number of benzene rings is 2. The van der Waals surface area contributed by atoms with Gasteiger partial charge in [-0.3, -0.25) is 0 Å². The van der Waals surface area contributed by atoms with E-state index in [0.29, 0.717) is 10.5 Å². The van der Waals surface area contributed by atoms with Crippen molar-refractivity contribution >= 4 is 27.6 Å². The summed E-state index contributed by atoms with van der Waals surface area (Å²) >= 11 is 1.30. The highest BCUT2D eigenvalue weighted by molar-refractivity contribution is 8.00. The zero-order valence-corrected chi connectivity index (χ0v) is 13.2. The molecule has 0 saturated heterocycles. The Balaban J connectivity index is 2.59. The van der Waals surface area contributed by atoms with Gasteiger partial charge in [0.05, 0.1) is 10.5 Å². The van der Waals surface area contributed by atoms with Gasteiger partial charge in [0, 0.05) is 16.0 Å². The highest BCUT2D eigenvalue weighted by atomic mass is 32.2. The third kappa shape index (κ3) is 3.65. The summed E-state index contributed by atoms with van der Waals surface area (Å²) in [4.78, 5) is 12.6. The van der Waals surface area contributed by atoms with Crippen LogP contribution < -0.4 is 0 Å². The van der Waals surface area contributed by atoms with Crippen molar-refractivity contribution in [1.29, 1.82) is 0 Å². The first-order valence-electron chi connectivity index (χ1n) is 6.10. The number of sulfone groups is 1. The van der Waals surface area contributed by atoms with Crippen LogP contribution in [0.3, 0.4) is 0 Å². The fourth-order valence-corrected chi connectivity index (χ4v) is 4.15. The fourth-order valence-electron chi connectivity index (χ4n) is 1.88. The molecule has 0 spiro atoms. The molecule has 2 aromatic carbocycles. The Labute approximate surface area is 127 Å². The van der Waals surface area contributed by atoms with Gasteiger partial charge in [0.1, 0.15) is 0 Å². The second-order valence-corrected chi connectivity index (χ2v) is 7.71. The molecule has 6 heteroatoms. The van der Waals surface area contributed by atoms with Crippen molar-refractivity contribution in [3.8, 4) is 0 Å². The van der Waals surface area contributed by atoms with Gasteiger partial charge in [-0.1, -0.05) is 30.0 Å². The van der Waals surface area contributed by atoms with E-state index in [2.05, 4.69) is 0 Å². The predicted molar refractivity (Wildman–Crippen MR) is 81.8 cm³/mol. The summed E-state index contributed by atoms with van der Waals surface area (Å²) in [5.74, 6) is -1.13. The molecule has 0 aliphatic rings. The summed E-state index contributed by atoms with van der Waals surface area (Å²) in [6, 6.07) is 12.2. The van der Waals surface area contributed by atoms with Crippen molar-refractivity contribution in [2.24, 2.45) is 0 Å². The number of carbonyl (C=O) groups is 1. The minimum atomic E-state index is -3.51. The second kappa shape index (κ2) is 5.91. The number of carboxylic acids is 1. The minimum Gasteiger partial charge on any atom is -0.478 e. The van der Waals surface area contributed by atoms with Crippen LogP contribution in [0.2, 0.25) is 0 Å². The van der Waals surface area contributed by atoms with Crippen LogP contribution in [0.5, 0.6) is 0 Å². The molecule has 0 heterocycles. The van der Waals surface area contributed by atoms with Gasteiger partial charge in [-0.05, 0) is 36.8 Å². The first-order valence-corrected chi connectivity index (χ1v) is 8.80. The van der Waals surface area contributed by atoms with Gasteiger partial charge in [0.25, 0.3) is 0 Å². The molecule has 110 valence electrons. The molecule has 0 amide bonds. The summed E-state index contributed by atoms with van der Waals surface area (Å²) in [6.45, 7) is 1.66. The second-order valence-electron chi connectivity index (χ2n) is 4.61. The van der Waals surface area contributed by atoms with Crippen LogP contribution in [0.25, 0.3) is 0 Å². The zero-order valence-electron chi connectivity index (χ0n) is 11.5. The van der Waals surface area contributed by atoms with Gasteiger partial charge in [0.2, 0.25) is 0 Å². The maximum atomic E-state index is 11.9. The van der Waals surface area contributed by atoms with Gasteiger partial charge in [-0.15, -0.1) is 0 Å². The molecular formula is C15H14O4S2.